The summed E-state index contributed by atoms with van der Waals surface area (Å²) in [7, 11) is 1.62. The summed E-state index contributed by atoms with van der Waals surface area (Å²) in [5.41, 5.74) is 3.30. The second-order valence-electron chi connectivity index (χ2n) is 9.23. The summed E-state index contributed by atoms with van der Waals surface area (Å²) in [4.78, 5) is 29.4. The van der Waals surface area contributed by atoms with E-state index in [1.807, 2.05) is 60.0 Å². The fraction of sp³-hybridized carbons (Fsp3) is 0.250. The van der Waals surface area contributed by atoms with Crippen LogP contribution in [0.4, 0.5) is 5.82 Å². The zero-order valence-electron chi connectivity index (χ0n) is 20.6. The molecule has 2 aromatic carbocycles. The molecule has 2 aromatic heterocycles. The van der Waals surface area contributed by atoms with Crippen LogP contribution in [-0.4, -0.2) is 47.0 Å². The van der Waals surface area contributed by atoms with Gasteiger partial charge in [-0.05, 0) is 60.7 Å². The van der Waals surface area contributed by atoms with Crippen LogP contribution < -0.4 is 15.0 Å². The topological polar surface area (TPSA) is 76.5 Å². The number of thiophene rings is 1. The number of anilines is 1. The van der Waals surface area contributed by atoms with E-state index in [1.165, 1.54) is 0 Å². The van der Waals surface area contributed by atoms with Crippen molar-refractivity contribution in [3.63, 3.8) is 0 Å². The van der Waals surface area contributed by atoms with Crippen LogP contribution >= 0.6 is 34.7 Å². The number of aromatic nitrogens is 2. The fourth-order valence-electron chi connectivity index (χ4n) is 4.55. The fourth-order valence-corrected chi connectivity index (χ4v) is 6.85. The van der Waals surface area contributed by atoms with Crippen LogP contribution in [0.1, 0.15) is 28.5 Å². The molecule has 4 aromatic rings. The lowest BCUT2D eigenvalue weighted by Crippen LogP contribution is -2.43. The molecule has 1 aliphatic heterocycles. The maximum atomic E-state index is 13.7. The van der Waals surface area contributed by atoms with Gasteiger partial charge in [-0.15, -0.1) is 23.1 Å². The van der Waals surface area contributed by atoms with Crippen LogP contribution in [0.2, 0.25) is 5.02 Å². The molecular formula is C28H25ClN4O3S2. The Balaban J connectivity index is 1.58. The second-order valence-corrected chi connectivity index (χ2v) is 11.7. The zero-order valence-corrected chi connectivity index (χ0v) is 23.0. The van der Waals surface area contributed by atoms with E-state index in [0.717, 1.165) is 40.2 Å². The van der Waals surface area contributed by atoms with Crippen LogP contribution in [0.5, 0.6) is 5.75 Å². The van der Waals surface area contributed by atoms with E-state index in [9.17, 15) is 9.59 Å². The highest BCUT2D eigenvalue weighted by atomic mass is 35.5. The van der Waals surface area contributed by atoms with Crippen LogP contribution in [0.15, 0.2) is 66.0 Å². The number of halogens is 1. The van der Waals surface area contributed by atoms with Gasteiger partial charge in [0.1, 0.15) is 18.1 Å². The Morgan fingerprint density at radius 2 is 1.89 bits per heavy atom. The minimum Gasteiger partial charge on any atom is -0.497 e. The Morgan fingerprint density at radius 1 is 1.13 bits per heavy atom. The molecule has 2 aliphatic rings. The summed E-state index contributed by atoms with van der Waals surface area (Å²) in [6.07, 6.45) is 1.96. The highest BCUT2D eigenvalue weighted by molar-refractivity contribution is 8.00. The molecule has 2 amide bonds. The van der Waals surface area contributed by atoms with Crippen LogP contribution in [-0.2, 0) is 9.59 Å². The van der Waals surface area contributed by atoms with Crippen molar-refractivity contribution in [1.29, 1.82) is 0 Å². The van der Waals surface area contributed by atoms with Crippen LogP contribution in [0.25, 0.3) is 16.9 Å². The summed E-state index contributed by atoms with van der Waals surface area (Å²) in [6, 6.07) is 19.4. The normalized spacial score (nSPS) is 17.2. The minimum atomic E-state index is -0.165. The van der Waals surface area contributed by atoms with Crippen molar-refractivity contribution >= 4 is 52.3 Å². The summed E-state index contributed by atoms with van der Waals surface area (Å²) in [5, 5.41) is 10.7. The number of carbonyl (C=O) groups is 2. The molecule has 1 fully saturated rings. The first-order valence-corrected chi connectivity index (χ1v) is 14.6. The molecule has 3 heterocycles. The van der Waals surface area contributed by atoms with Crippen molar-refractivity contribution in [3.8, 4) is 22.7 Å². The van der Waals surface area contributed by atoms with E-state index in [1.54, 1.807) is 39.8 Å². The molecule has 10 heteroatoms. The number of hydrogen-bond acceptors (Lipinski definition) is 6. The van der Waals surface area contributed by atoms with E-state index in [-0.39, 0.29) is 35.4 Å². The molecule has 6 rings (SSSR count). The first kappa shape index (κ1) is 25.0. The molecule has 1 saturated carbocycles. The average molecular weight is 565 g/mol. The highest BCUT2D eigenvalue weighted by Gasteiger charge is 2.38. The number of amides is 2. The first-order valence-electron chi connectivity index (χ1n) is 12.3. The van der Waals surface area contributed by atoms with Gasteiger partial charge in [0.15, 0.2) is 0 Å². The number of ether oxygens (including phenoxy) is 1. The summed E-state index contributed by atoms with van der Waals surface area (Å²) in [5.74, 6) is 1.28. The van der Waals surface area contributed by atoms with Gasteiger partial charge >= 0.3 is 0 Å². The standard InChI is InChI=1S/C28H25ClN4O3S2/c1-36-21-12-10-20(11-13-21)33-28-25(26(31-33)17-4-6-18(29)7-5-17)27(22-3-2-14-37-22)38-16-24(35)32(28)15-23(34)30-19-8-9-19/h2-7,10-14,19,27H,8-9,15-16H2,1H3,(H,30,34)/t27-/m1/s1. The largest absolute Gasteiger partial charge is 0.497 e. The molecule has 0 saturated heterocycles. The lowest BCUT2D eigenvalue weighted by molar-refractivity contribution is -0.123. The van der Waals surface area contributed by atoms with Crippen molar-refractivity contribution in [3.05, 3.63) is 81.5 Å². The number of benzene rings is 2. The Hall–Kier alpha value is -3.27. The van der Waals surface area contributed by atoms with Crippen molar-refractivity contribution < 1.29 is 14.3 Å². The number of nitrogens with one attached hydrogen (secondary N) is 1. The van der Waals surface area contributed by atoms with E-state index < -0.39 is 0 Å². The van der Waals surface area contributed by atoms with Crippen molar-refractivity contribution in [2.45, 2.75) is 24.1 Å². The van der Waals surface area contributed by atoms with Crippen molar-refractivity contribution in [2.24, 2.45) is 0 Å². The minimum absolute atomic E-state index is 0.0675. The monoisotopic (exact) mass is 564 g/mol. The van der Waals surface area contributed by atoms with Gasteiger partial charge in [0, 0.05) is 27.1 Å². The Bertz CT molecular complexity index is 1470. The number of fused-ring (bicyclic) bond motifs is 1. The summed E-state index contributed by atoms with van der Waals surface area (Å²) < 4.78 is 7.15. The van der Waals surface area contributed by atoms with E-state index in [2.05, 4.69) is 11.4 Å². The third-order valence-corrected chi connectivity index (χ3v) is 9.14. The zero-order chi connectivity index (χ0) is 26.2. The number of thioether (sulfide) groups is 1. The summed E-state index contributed by atoms with van der Waals surface area (Å²) >= 11 is 9.43. The molecule has 1 N–H and O–H groups in total. The van der Waals surface area contributed by atoms with Gasteiger partial charge in [-0.1, -0.05) is 29.8 Å². The Morgan fingerprint density at radius 3 is 2.55 bits per heavy atom. The van der Waals surface area contributed by atoms with Gasteiger partial charge in [0.25, 0.3) is 0 Å². The van der Waals surface area contributed by atoms with Crippen molar-refractivity contribution in [2.75, 3.05) is 24.3 Å². The van der Waals surface area contributed by atoms with Gasteiger partial charge in [-0.3, -0.25) is 14.5 Å². The lowest BCUT2D eigenvalue weighted by atomic mass is 10.0. The quantitative estimate of drug-likeness (QED) is 0.311. The molecule has 0 unspecified atom stereocenters. The second kappa shape index (κ2) is 10.5. The van der Waals surface area contributed by atoms with E-state index in [0.29, 0.717) is 16.6 Å². The number of carbonyl (C=O) groups excluding carboxylic acids is 2. The molecule has 7 nitrogen and oxygen atoms in total. The molecule has 1 aliphatic carbocycles. The summed E-state index contributed by atoms with van der Waals surface area (Å²) in [6.45, 7) is -0.0675. The van der Waals surface area contributed by atoms with Gasteiger partial charge in [-0.2, -0.15) is 5.10 Å². The third-order valence-electron chi connectivity index (χ3n) is 6.57. The number of rotatable bonds is 7. The molecule has 194 valence electrons. The Kier molecular flexibility index (Phi) is 6.90. The van der Waals surface area contributed by atoms with Gasteiger partial charge in [0.2, 0.25) is 11.8 Å². The van der Waals surface area contributed by atoms with E-state index >= 15 is 0 Å². The van der Waals surface area contributed by atoms with E-state index in [4.69, 9.17) is 21.4 Å². The maximum absolute atomic E-state index is 13.7. The molecule has 38 heavy (non-hydrogen) atoms. The smallest absolute Gasteiger partial charge is 0.240 e. The highest BCUT2D eigenvalue weighted by Crippen LogP contribution is 2.49. The number of hydrogen-bond donors (Lipinski definition) is 1. The van der Waals surface area contributed by atoms with Gasteiger partial charge < -0.3 is 10.1 Å². The molecule has 0 bridgehead atoms. The average Bonchev–Trinajstić information content (AvgIpc) is 3.45. The molecule has 0 radical (unpaired) electrons. The van der Waals surface area contributed by atoms with Gasteiger partial charge in [-0.25, -0.2) is 4.68 Å². The van der Waals surface area contributed by atoms with Crippen LogP contribution in [0, 0.1) is 0 Å². The molecule has 1 atom stereocenters. The Labute approximate surface area is 233 Å². The molecule has 0 spiro atoms. The number of methoxy groups -OCH3 is 1. The van der Waals surface area contributed by atoms with Gasteiger partial charge in [0.05, 0.1) is 29.5 Å². The van der Waals surface area contributed by atoms with Crippen LogP contribution in [0.3, 0.4) is 0 Å². The molecular weight excluding hydrogens is 540 g/mol. The predicted molar refractivity (Wildman–Crippen MR) is 153 cm³/mol. The SMILES string of the molecule is COc1ccc(-n2nc(-c3ccc(Cl)cc3)c3c2N(CC(=O)NC2CC2)C(=O)CS[C@@H]3c2cccs2)cc1. The maximum Gasteiger partial charge on any atom is 0.240 e. The van der Waals surface area contributed by atoms with Crippen molar-refractivity contribution in [1.82, 2.24) is 15.1 Å². The first-order chi connectivity index (χ1) is 18.5. The third kappa shape index (κ3) is 4.93. The number of nitrogens with zero attached hydrogens (tertiary/aromatic N) is 3. The lowest BCUT2D eigenvalue weighted by Gasteiger charge is -2.23. The predicted octanol–water partition coefficient (Wildman–Crippen LogP) is 5.71.